The molecule has 1 heterocycles. The molecule has 0 radical (unpaired) electrons. The minimum Gasteiger partial charge on any atom is -0.396 e. The molecule has 1 aliphatic heterocycles. The lowest BCUT2D eigenvalue weighted by Gasteiger charge is -2.36. The Labute approximate surface area is 74.4 Å². The second kappa shape index (κ2) is 3.35. The predicted octanol–water partition coefficient (Wildman–Crippen LogP) is 1.15. The van der Waals surface area contributed by atoms with Crippen LogP contribution in [-0.4, -0.2) is 24.8 Å². The van der Waals surface area contributed by atoms with E-state index in [1.165, 1.54) is 45.2 Å². The van der Waals surface area contributed by atoms with Crippen molar-refractivity contribution in [1.82, 2.24) is 5.32 Å². The van der Waals surface area contributed by atoms with Crippen molar-refractivity contribution < 1.29 is 5.11 Å². The van der Waals surface area contributed by atoms with Crippen molar-refractivity contribution in [3.63, 3.8) is 0 Å². The van der Waals surface area contributed by atoms with Gasteiger partial charge in [-0.05, 0) is 43.6 Å². The first-order valence-electron chi connectivity index (χ1n) is 5.16. The quantitative estimate of drug-likeness (QED) is 0.617. The van der Waals surface area contributed by atoms with Gasteiger partial charge in [-0.1, -0.05) is 6.42 Å². The summed E-state index contributed by atoms with van der Waals surface area (Å²) in [6, 6.07) is 0. The molecule has 2 aliphatic rings. The summed E-state index contributed by atoms with van der Waals surface area (Å²) >= 11 is 0. The minimum atomic E-state index is 0.405. The van der Waals surface area contributed by atoms with E-state index >= 15 is 0 Å². The highest BCUT2D eigenvalue weighted by molar-refractivity contribution is 4.92. The maximum atomic E-state index is 9.11. The minimum absolute atomic E-state index is 0.405. The summed E-state index contributed by atoms with van der Waals surface area (Å²) in [5.41, 5.74) is 0.575. The molecule has 0 bridgehead atoms. The van der Waals surface area contributed by atoms with Gasteiger partial charge in [-0.15, -0.1) is 0 Å². The predicted molar refractivity (Wildman–Crippen MR) is 49.0 cm³/mol. The van der Waals surface area contributed by atoms with Crippen molar-refractivity contribution in [3.8, 4) is 0 Å². The molecule has 2 N–H and O–H groups in total. The third-order valence-electron chi connectivity index (χ3n) is 3.63. The molecule has 0 aromatic heterocycles. The van der Waals surface area contributed by atoms with Crippen LogP contribution in [0.1, 0.15) is 32.1 Å². The fourth-order valence-corrected chi connectivity index (χ4v) is 2.92. The first-order valence-corrected chi connectivity index (χ1v) is 5.16. The van der Waals surface area contributed by atoms with Crippen LogP contribution >= 0.6 is 0 Å². The topological polar surface area (TPSA) is 32.3 Å². The molecule has 1 saturated heterocycles. The third-order valence-corrected chi connectivity index (χ3v) is 3.63. The van der Waals surface area contributed by atoms with Crippen LogP contribution in [0.3, 0.4) is 0 Å². The molecule has 2 atom stereocenters. The van der Waals surface area contributed by atoms with Gasteiger partial charge >= 0.3 is 0 Å². The van der Waals surface area contributed by atoms with Crippen LogP contribution in [0.2, 0.25) is 0 Å². The number of aliphatic hydroxyl groups is 1. The smallest absolute Gasteiger partial charge is 0.0459 e. The van der Waals surface area contributed by atoms with E-state index < -0.39 is 0 Å². The Kier molecular flexibility index (Phi) is 2.37. The van der Waals surface area contributed by atoms with E-state index in [1.54, 1.807) is 0 Å². The summed E-state index contributed by atoms with van der Waals surface area (Å²) in [6.07, 6.45) is 6.56. The van der Waals surface area contributed by atoms with Crippen molar-refractivity contribution in [2.45, 2.75) is 32.1 Å². The van der Waals surface area contributed by atoms with Crippen molar-refractivity contribution in [2.24, 2.45) is 11.3 Å². The fourth-order valence-electron chi connectivity index (χ4n) is 2.92. The molecule has 0 aromatic carbocycles. The molecule has 2 unspecified atom stereocenters. The Morgan fingerprint density at radius 3 is 3.00 bits per heavy atom. The lowest BCUT2D eigenvalue weighted by molar-refractivity contribution is 0.107. The Morgan fingerprint density at radius 2 is 2.33 bits per heavy atom. The molecular weight excluding hydrogens is 150 g/mol. The maximum absolute atomic E-state index is 9.11. The Hall–Kier alpha value is -0.0800. The van der Waals surface area contributed by atoms with Crippen molar-refractivity contribution in [1.29, 1.82) is 0 Å². The molecule has 2 heteroatoms. The number of hydrogen-bond acceptors (Lipinski definition) is 2. The Bertz CT molecular complexity index is 152. The van der Waals surface area contributed by atoms with Crippen LogP contribution in [0.4, 0.5) is 0 Å². The zero-order valence-corrected chi connectivity index (χ0v) is 7.68. The second-order valence-corrected chi connectivity index (χ2v) is 4.57. The van der Waals surface area contributed by atoms with E-state index in [2.05, 4.69) is 5.32 Å². The average Bonchev–Trinajstić information content (AvgIpc) is 2.53. The van der Waals surface area contributed by atoms with Gasteiger partial charge in [0.2, 0.25) is 0 Å². The van der Waals surface area contributed by atoms with Gasteiger partial charge in [0.1, 0.15) is 0 Å². The molecule has 12 heavy (non-hydrogen) atoms. The molecule has 1 spiro atoms. The van der Waals surface area contributed by atoms with Gasteiger partial charge in [-0.2, -0.15) is 0 Å². The number of rotatable bonds is 1. The van der Waals surface area contributed by atoms with Crippen LogP contribution in [-0.2, 0) is 0 Å². The molecule has 0 amide bonds. The lowest BCUT2D eigenvalue weighted by Crippen LogP contribution is -2.32. The largest absolute Gasteiger partial charge is 0.396 e. The third kappa shape index (κ3) is 1.50. The second-order valence-electron chi connectivity index (χ2n) is 4.57. The van der Waals surface area contributed by atoms with E-state index in [4.69, 9.17) is 5.11 Å². The zero-order chi connectivity index (χ0) is 8.44. The summed E-state index contributed by atoms with van der Waals surface area (Å²) < 4.78 is 0. The molecule has 2 nitrogen and oxygen atoms in total. The van der Waals surface area contributed by atoms with Crippen LogP contribution in [0.5, 0.6) is 0 Å². The molecular formula is C10H19NO. The lowest BCUT2D eigenvalue weighted by atomic mass is 9.69. The highest BCUT2D eigenvalue weighted by Gasteiger charge is 2.38. The summed E-state index contributed by atoms with van der Waals surface area (Å²) in [4.78, 5) is 0. The molecule has 2 fully saturated rings. The van der Waals surface area contributed by atoms with E-state index in [9.17, 15) is 0 Å². The van der Waals surface area contributed by atoms with Crippen LogP contribution < -0.4 is 5.32 Å². The highest BCUT2D eigenvalue weighted by atomic mass is 16.3. The fraction of sp³-hybridized carbons (Fsp3) is 1.00. The van der Waals surface area contributed by atoms with Gasteiger partial charge in [-0.3, -0.25) is 0 Å². The summed E-state index contributed by atoms with van der Waals surface area (Å²) in [6.45, 7) is 2.80. The molecule has 70 valence electrons. The highest BCUT2D eigenvalue weighted by Crippen LogP contribution is 2.43. The first kappa shape index (κ1) is 8.52. The zero-order valence-electron chi connectivity index (χ0n) is 7.68. The van der Waals surface area contributed by atoms with Gasteiger partial charge in [0.05, 0.1) is 0 Å². The van der Waals surface area contributed by atoms with Crippen molar-refractivity contribution >= 4 is 0 Å². The summed E-state index contributed by atoms with van der Waals surface area (Å²) in [5.74, 6) is 0.596. The molecule has 1 aliphatic carbocycles. The van der Waals surface area contributed by atoms with Gasteiger partial charge in [-0.25, -0.2) is 0 Å². The van der Waals surface area contributed by atoms with Crippen molar-refractivity contribution in [2.75, 3.05) is 19.7 Å². The number of nitrogens with one attached hydrogen (secondary N) is 1. The van der Waals surface area contributed by atoms with Crippen LogP contribution in [0, 0.1) is 11.3 Å². The van der Waals surface area contributed by atoms with Gasteiger partial charge in [0.25, 0.3) is 0 Å². The summed E-state index contributed by atoms with van der Waals surface area (Å²) in [7, 11) is 0. The first-order chi connectivity index (χ1) is 5.85. The van der Waals surface area contributed by atoms with E-state index in [1.807, 2.05) is 0 Å². The molecule has 0 aromatic rings. The number of hydrogen-bond donors (Lipinski definition) is 2. The Balaban J connectivity index is 1.97. The monoisotopic (exact) mass is 169 g/mol. The SMILES string of the molecule is OCC1CCCC2(CCNC2)C1. The standard InChI is InChI=1S/C10H19NO/c12-7-9-2-1-3-10(6-9)4-5-11-8-10/h9,11-12H,1-8H2. The normalized spacial score (nSPS) is 42.2. The van der Waals surface area contributed by atoms with E-state index in [0.717, 1.165) is 0 Å². The number of aliphatic hydroxyl groups excluding tert-OH is 1. The van der Waals surface area contributed by atoms with Crippen LogP contribution in [0.25, 0.3) is 0 Å². The van der Waals surface area contributed by atoms with Crippen molar-refractivity contribution in [3.05, 3.63) is 0 Å². The van der Waals surface area contributed by atoms with Gasteiger partial charge in [0.15, 0.2) is 0 Å². The van der Waals surface area contributed by atoms with Crippen LogP contribution in [0.15, 0.2) is 0 Å². The van der Waals surface area contributed by atoms with E-state index in [0.29, 0.717) is 17.9 Å². The average molecular weight is 169 g/mol. The Morgan fingerprint density at radius 1 is 1.42 bits per heavy atom. The van der Waals surface area contributed by atoms with Gasteiger partial charge in [0, 0.05) is 13.2 Å². The molecule has 2 rings (SSSR count). The van der Waals surface area contributed by atoms with E-state index in [-0.39, 0.29) is 0 Å². The summed E-state index contributed by atoms with van der Waals surface area (Å²) in [5, 5.41) is 12.6. The maximum Gasteiger partial charge on any atom is 0.0459 e. The molecule has 1 saturated carbocycles. The van der Waals surface area contributed by atoms with Gasteiger partial charge < -0.3 is 10.4 Å².